The van der Waals surface area contributed by atoms with E-state index in [-0.39, 0.29) is 12.1 Å². The third kappa shape index (κ3) is 3.41. The zero-order valence-corrected chi connectivity index (χ0v) is 10.7. The number of rotatable bonds is 5. The van der Waals surface area contributed by atoms with Crippen LogP contribution in [0.15, 0.2) is 18.5 Å². The second-order valence-corrected chi connectivity index (χ2v) is 4.31. The maximum absolute atomic E-state index is 6.17. The normalized spacial score (nSPS) is 21.6. The molecule has 0 amide bonds. The van der Waals surface area contributed by atoms with Crippen LogP contribution in [0.4, 0.5) is 0 Å². The van der Waals surface area contributed by atoms with E-state index in [9.17, 15) is 0 Å². The maximum atomic E-state index is 6.17. The van der Waals surface area contributed by atoms with Crippen LogP contribution < -0.4 is 10.5 Å². The summed E-state index contributed by atoms with van der Waals surface area (Å²) in [5.41, 5.74) is 7.08. The minimum atomic E-state index is -0.233. The van der Waals surface area contributed by atoms with E-state index >= 15 is 0 Å². The Morgan fingerprint density at radius 1 is 1.50 bits per heavy atom. The molecule has 1 aromatic rings. The lowest BCUT2D eigenvalue weighted by atomic mass is 10.0. The molecule has 0 spiro atoms. The molecule has 100 valence electrons. The standard InChI is InChI=1S/C13H20N2O3/c1-2-3-17-11-6-10(7-15-8-11)13(14)12-9-16-4-5-18-12/h6-8,12-13H,2-5,9,14H2,1H3. The van der Waals surface area contributed by atoms with Gasteiger partial charge in [-0.15, -0.1) is 0 Å². The lowest BCUT2D eigenvalue weighted by molar-refractivity contribution is -0.0976. The fourth-order valence-corrected chi connectivity index (χ4v) is 1.84. The van der Waals surface area contributed by atoms with Crippen molar-refractivity contribution in [3.05, 3.63) is 24.0 Å². The smallest absolute Gasteiger partial charge is 0.137 e. The summed E-state index contributed by atoms with van der Waals surface area (Å²) < 4.78 is 16.5. The second-order valence-electron chi connectivity index (χ2n) is 4.31. The Hall–Kier alpha value is -1.17. The van der Waals surface area contributed by atoms with Crippen molar-refractivity contribution < 1.29 is 14.2 Å². The van der Waals surface area contributed by atoms with Gasteiger partial charge in [-0.2, -0.15) is 0 Å². The van der Waals surface area contributed by atoms with Crippen LogP contribution in [0.25, 0.3) is 0 Å². The van der Waals surface area contributed by atoms with Crippen LogP contribution in [-0.2, 0) is 9.47 Å². The van der Waals surface area contributed by atoms with E-state index in [0.29, 0.717) is 26.4 Å². The minimum absolute atomic E-state index is 0.109. The molecule has 2 N–H and O–H groups in total. The Bertz CT molecular complexity index is 367. The van der Waals surface area contributed by atoms with Crippen molar-refractivity contribution in [2.75, 3.05) is 26.4 Å². The lowest BCUT2D eigenvalue weighted by Crippen LogP contribution is -2.37. The summed E-state index contributed by atoms with van der Waals surface area (Å²) in [6.07, 6.45) is 4.31. The van der Waals surface area contributed by atoms with Gasteiger partial charge in [0.1, 0.15) is 11.9 Å². The molecule has 1 aromatic heterocycles. The molecule has 5 nitrogen and oxygen atoms in total. The second kappa shape index (κ2) is 6.68. The molecule has 0 bridgehead atoms. The van der Waals surface area contributed by atoms with Crippen molar-refractivity contribution in [3.8, 4) is 5.75 Å². The first-order chi connectivity index (χ1) is 8.81. The van der Waals surface area contributed by atoms with Crippen molar-refractivity contribution in [1.82, 2.24) is 4.98 Å². The van der Waals surface area contributed by atoms with Gasteiger partial charge in [-0.25, -0.2) is 0 Å². The number of hydrogen-bond acceptors (Lipinski definition) is 5. The van der Waals surface area contributed by atoms with E-state index in [1.54, 1.807) is 12.4 Å². The van der Waals surface area contributed by atoms with Gasteiger partial charge in [-0.1, -0.05) is 6.92 Å². The highest BCUT2D eigenvalue weighted by Gasteiger charge is 2.23. The van der Waals surface area contributed by atoms with E-state index in [1.807, 2.05) is 6.07 Å². The molecule has 2 rings (SSSR count). The monoisotopic (exact) mass is 252 g/mol. The fraction of sp³-hybridized carbons (Fsp3) is 0.615. The SMILES string of the molecule is CCCOc1cncc(C(N)C2COCCO2)c1. The largest absolute Gasteiger partial charge is 0.492 e. The molecule has 2 unspecified atom stereocenters. The van der Waals surface area contributed by atoms with Crippen molar-refractivity contribution in [3.63, 3.8) is 0 Å². The maximum Gasteiger partial charge on any atom is 0.137 e. The van der Waals surface area contributed by atoms with Gasteiger partial charge in [0.15, 0.2) is 0 Å². The van der Waals surface area contributed by atoms with Crippen LogP contribution in [0.1, 0.15) is 24.9 Å². The van der Waals surface area contributed by atoms with E-state index in [1.165, 1.54) is 0 Å². The molecule has 1 fully saturated rings. The third-order valence-electron chi connectivity index (χ3n) is 2.83. The van der Waals surface area contributed by atoms with E-state index in [0.717, 1.165) is 17.7 Å². The van der Waals surface area contributed by atoms with Gasteiger partial charge in [0.25, 0.3) is 0 Å². The topological polar surface area (TPSA) is 66.6 Å². The number of nitrogens with two attached hydrogens (primary N) is 1. The summed E-state index contributed by atoms with van der Waals surface area (Å²) in [4.78, 5) is 4.15. The first-order valence-corrected chi connectivity index (χ1v) is 6.34. The van der Waals surface area contributed by atoms with Crippen molar-refractivity contribution >= 4 is 0 Å². The predicted octanol–water partition coefficient (Wildman–Crippen LogP) is 1.29. The highest BCUT2D eigenvalue weighted by molar-refractivity contribution is 5.26. The molecular weight excluding hydrogens is 232 g/mol. The van der Waals surface area contributed by atoms with E-state index < -0.39 is 0 Å². The summed E-state index contributed by atoms with van der Waals surface area (Å²) in [5, 5.41) is 0. The number of ether oxygens (including phenoxy) is 3. The van der Waals surface area contributed by atoms with E-state index in [4.69, 9.17) is 19.9 Å². The van der Waals surface area contributed by atoms with Gasteiger partial charge in [0, 0.05) is 6.20 Å². The summed E-state index contributed by atoms with van der Waals surface area (Å²) in [6.45, 7) is 4.51. The van der Waals surface area contributed by atoms with Crippen LogP contribution >= 0.6 is 0 Å². The van der Waals surface area contributed by atoms with E-state index in [2.05, 4.69) is 11.9 Å². The molecule has 1 saturated heterocycles. The average Bonchev–Trinajstić information content (AvgIpc) is 2.45. The van der Waals surface area contributed by atoms with Gasteiger partial charge in [0.2, 0.25) is 0 Å². The molecule has 18 heavy (non-hydrogen) atoms. The Balaban J connectivity index is 2.02. The van der Waals surface area contributed by atoms with Gasteiger partial charge in [0.05, 0.1) is 38.7 Å². The van der Waals surface area contributed by atoms with Gasteiger partial charge < -0.3 is 19.9 Å². The minimum Gasteiger partial charge on any atom is -0.492 e. The average molecular weight is 252 g/mol. The van der Waals surface area contributed by atoms with Crippen LogP contribution in [0, 0.1) is 0 Å². The van der Waals surface area contributed by atoms with Crippen molar-refractivity contribution in [2.24, 2.45) is 5.73 Å². The Morgan fingerprint density at radius 3 is 3.11 bits per heavy atom. The zero-order valence-electron chi connectivity index (χ0n) is 10.7. The summed E-state index contributed by atoms with van der Waals surface area (Å²) in [7, 11) is 0. The molecule has 0 aliphatic carbocycles. The Morgan fingerprint density at radius 2 is 2.39 bits per heavy atom. The first-order valence-electron chi connectivity index (χ1n) is 6.34. The highest BCUT2D eigenvalue weighted by Crippen LogP contribution is 2.22. The van der Waals surface area contributed by atoms with Gasteiger partial charge >= 0.3 is 0 Å². The predicted molar refractivity (Wildman–Crippen MR) is 67.5 cm³/mol. The molecule has 0 aromatic carbocycles. The number of aromatic nitrogens is 1. The Labute approximate surface area is 107 Å². The van der Waals surface area contributed by atoms with Crippen LogP contribution in [0.5, 0.6) is 5.75 Å². The first kappa shape index (κ1) is 13.3. The van der Waals surface area contributed by atoms with Crippen LogP contribution in [-0.4, -0.2) is 37.5 Å². The molecule has 0 radical (unpaired) electrons. The summed E-state index contributed by atoms with van der Waals surface area (Å²) in [6, 6.07) is 1.69. The molecule has 2 heterocycles. The number of nitrogens with zero attached hydrogens (tertiary/aromatic N) is 1. The summed E-state index contributed by atoms with van der Waals surface area (Å²) in [5.74, 6) is 0.751. The molecule has 2 atom stereocenters. The third-order valence-corrected chi connectivity index (χ3v) is 2.83. The number of pyridine rings is 1. The molecule has 1 aliphatic heterocycles. The molecule has 5 heteroatoms. The number of hydrogen-bond donors (Lipinski definition) is 1. The lowest BCUT2D eigenvalue weighted by Gasteiger charge is -2.28. The fourth-order valence-electron chi connectivity index (χ4n) is 1.84. The summed E-state index contributed by atoms with van der Waals surface area (Å²) >= 11 is 0. The molecule has 0 saturated carbocycles. The van der Waals surface area contributed by atoms with Crippen molar-refractivity contribution in [2.45, 2.75) is 25.5 Å². The Kier molecular flexibility index (Phi) is 4.92. The quantitative estimate of drug-likeness (QED) is 0.855. The highest BCUT2D eigenvalue weighted by atomic mass is 16.6. The molecular formula is C13H20N2O3. The molecule has 1 aliphatic rings. The van der Waals surface area contributed by atoms with Gasteiger partial charge in [-0.05, 0) is 18.1 Å². The zero-order chi connectivity index (χ0) is 12.8. The van der Waals surface area contributed by atoms with Crippen molar-refractivity contribution in [1.29, 1.82) is 0 Å². The van der Waals surface area contributed by atoms with Crippen LogP contribution in [0.2, 0.25) is 0 Å². The van der Waals surface area contributed by atoms with Gasteiger partial charge in [-0.3, -0.25) is 4.98 Å². The van der Waals surface area contributed by atoms with Crippen LogP contribution in [0.3, 0.4) is 0 Å².